The van der Waals surface area contributed by atoms with Crippen molar-refractivity contribution in [2.24, 2.45) is 10.8 Å². The molecule has 1 aromatic heterocycles. The first-order chi connectivity index (χ1) is 17.9. The quantitative estimate of drug-likeness (QED) is 0.252. The van der Waals surface area contributed by atoms with Gasteiger partial charge in [-0.15, -0.1) is 15.0 Å². The molecule has 5 heteroatoms. The number of benzene rings is 3. The van der Waals surface area contributed by atoms with E-state index in [1.54, 1.807) is 16.6 Å². The highest BCUT2D eigenvalue weighted by Crippen LogP contribution is 2.46. The van der Waals surface area contributed by atoms with Crippen molar-refractivity contribution in [3.05, 3.63) is 71.8 Å². The lowest BCUT2D eigenvalue weighted by atomic mass is 9.68. The lowest BCUT2D eigenvalue weighted by Gasteiger charge is -2.37. The maximum atomic E-state index is 11.8. The Morgan fingerprint density at radius 3 is 1.87 bits per heavy atom. The van der Waals surface area contributed by atoms with Crippen LogP contribution < -0.4 is 0 Å². The third-order valence-electron chi connectivity index (χ3n) is 7.09. The van der Waals surface area contributed by atoms with Gasteiger partial charge in [0, 0.05) is 15.4 Å². The van der Waals surface area contributed by atoms with Crippen molar-refractivity contribution in [3.63, 3.8) is 0 Å². The third-order valence-corrected chi connectivity index (χ3v) is 8.09. The number of fused-ring (bicyclic) bond motifs is 1. The molecule has 1 heterocycles. The Labute approximate surface area is 239 Å². The van der Waals surface area contributed by atoms with Gasteiger partial charge in [0.15, 0.2) is 0 Å². The molecule has 0 amide bonds. The second-order valence-corrected chi connectivity index (χ2v) is 15.8. The Bertz CT molecular complexity index is 1450. The molecule has 0 fully saturated rings. The average Bonchev–Trinajstić information content (AvgIpc) is 3.19. The van der Waals surface area contributed by atoms with Gasteiger partial charge in [-0.05, 0) is 76.5 Å². The molecule has 4 aromatic rings. The smallest absolute Gasteiger partial charge is 0.146 e. The summed E-state index contributed by atoms with van der Waals surface area (Å²) < 4.78 is 0. The van der Waals surface area contributed by atoms with E-state index in [1.165, 1.54) is 10.5 Å². The van der Waals surface area contributed by atoms with Crippen molar-refractivity contribution in [1.29, 1.82) is 0 Å². The van der Waals surface area contributed by atoms with E-state index < -0.39 is 0 Å². The summed E-state index contributed by atoms with van der Waals surface area (Å²) in [5.74, 6) is 0.263. The topological polar surface area (TPSA) is 50.9 Å². The summed E-state index contributed by atoms with van der Waals surface area (Å²) in [5, 5.41) is 21.5. The zero-order chi connectivity index (χ0) is 28.8. The molecule has 0 spiro atoms. The number of phenolic OH excluding ortho intramolecular Hbond substituents is 1. The average molecular weight is 544 g/mol. The van der Waals surface area contributed by atoms with Gasteiger partial charge >= 0.3 is 0 Å². The molecule has 0 aliphatic heterocycles. The van der Waals surface area contributed by atoms with Gasteiger partial charge < -0.3 is 5.11 Å². The van der Waals surface area contributed by atoms with Crippen LogP contribution in [-0.4, -0.2) is 20.1 Å². The van der Waals surface area contributed by atoms with Gasteiger partial charge in [0.25, 0.3) is 0 Å². The molecule has 0 aliphatic rings. The van der Waals surface area contributed by atoms with Crippen molar-refractivity contribution in [2.75, 3.05) is 0 Å². The highest BCUT2D eigenvalue weighted by molar-refractivity contribution is 7.99. The zero-order valence-electron chi connectivity index (χ0n) is 25.4. The van der Waals surface area contributed by atoms with Crippen LogP contribution in [0.5, 0.6) is 5.75 Å². The van der Waals surface area contributed by atoms with E-state index >= 15 is 0 Å². The minimum Gasteiger partial charge on any atom is -0.505 e. The first kappa shape index (κ1) is 29.2. The van der Waals surface area contributed by atoms with E-state index in [-0.39, 0.29) is 27.4 Å². The van der Waals surface area contributed by atoms with E-state index in [0.29, 0.717) is 5.69 Å². The van der Waals surface area contributed by atoms with E-state index in [0.717, 1.165) is 34.3 Å². The summed E-state index contributed by atoms with van der Waals surface area (Å²) in [7, 11) is 0. The molecule has 1 N–H and O–H groups in total. The number of hydrogen-bond acceptors (Lipinski definition) is 4. The van der Waals surface area contributed by atoms with Crippen LogP contribution in [-0.2, 0) is 10.8 Å². The highest BCUT2D eigenvalue weighted by atomic mass is 32.2. The zero-order valence-corrected chi connectivity index (χ0v) is 26.2. The van der Waals surface area contributed by atoms with Crippen LogP contribution in [0.15, 0.2) is 70.5 Å². The number of nitrogens with zero attached hydrogens (tertiary/aromatic N) is 3. The fraction of sp³-hybridized carbons (Fsp3) is 0.471. The van der Waals surface area contributed by atoms with Gasteiger partial charge in [-0.3, -0.25) is 0 Å². The van der Waals surface area contributed by atoms with Crippen LogP contribution in [0.4, 0.5) is 0 Å². The van der Waals surface area contributed by atoms with Crippen molar-refractivity contribution in [1.82, 2.24) is 15.0 Å². The second-order valence-electron chi connectivity index (χ2n) is 14.7. The van der Waals surface area contributed by atoms with Gasteiger partial charge in [0.2, 0.25) is 0 Å². The Morgan fingerprint density at radius 1 is 0.667 bits per heavy atom. The molecular formula is C34H45N3OS. The fourth-order valence-electron chi connectivity index (χ4n) is 6.22. The van der Waals surface area contributed by atoms with Crippen molar-refractivity contribution >= 4 is 22.8 Å². The Hall–Kier alpha value is -2.79. The molecule has 0 unspecified atom stereocenters. The summed E-state index contributed by atoms with van der Waals surface area (Å²) >= 11 is 1.71. The minimum atomic E-state index is -0.239. The number of aromatic nitrogens is 3. The first-order valence-corrected chi connectivity index (χ1v) is 14.7. The van der Waals surface area contributed by atoms with E-state index in [9.17, 15) is 5.11 Å². The molecule has 0 atom stereocenters. The second kappa shape index (κ2) is 10.3. The van der Waals surface area contributed by atoms with Gasteiger partial charge in [0.05, 0.1) is 0 Å². The largest absolute Gasteiger partial charge is 0.505 e. The summed E-state index contributed by atoms with van der Waals surface area (Å²) in [5.41, 5.74) is 4.34. The molecule has 208 valence electrons. The minimum absolute atomic E-state index is 0.0979. The maximum Gasteiger partial charge on any atom is 0.146 e. The molecule has 4 nitrogen and oxygen atoms in total. The molecule has 0 saturated heterocycles. The third kappa shape index (κ3) is 7.05. The van der Waals surface area contributed by atoms with Crippen LogP contribution in [0.2, 0.25) is 0 Å². The number of rotatable bonds is 7. The van der Waals surface area contributed by atoms with Crippen molar-refractivity contribution in [3.8, 4) is 11.4 Å². The molecule has 3 aromatic carbocycles. The van der Waals surface area contributed by atoms with Crippen LogP contribution in [0.1, 0.15) is 93.2 Å². The number of hydrogen-bond donors (Lipinski definition) is 1. The molecular weight excluding hydrogens is 498 g/mol. The Balaban J connectivity index is 1.85. The van der Waals surface area contributed by atoms with Gasteiger partial charge in [-0.2, -0.15) is 0 Å². The van der Waals surface area contributed by atoms with E-state index in [4.69, 9.17) is 10.2 Å². The van der Waals surface area contributed by atoms with Crippen LogP contribution >= 0.6 is 11.8 Å². The SMILES string of the molecule is CC(C)(C)CC(C)(C)c1cc(-n2nc3ccc(Sc4ccccc4)cc3n2)c(O)c(C(C)(C)CC(C)(C)C)c1. The standard InChI is InChI=1S/C34H45N3OS/c1-31(2,3)21-33(7,8)23-18-26(34(9,10)22-32(4,5)6)30(38)29(19-23)37-35-27-17-16-25(20-28(27)36-37)39-24-14-12-11-13-15-24/h11-20,38H,21-22H2,1-10H3. The Kier molecular flexibility index (Phi) is 7.72. The number of phenols is 1. The first-order valence-electron chi connectivity index (χ1n) is 13.9. The molecule has 0 radical (unpaired) electrons. The predicted molar refractivity (Wildman–Crippen MR) is 165 cm³/mol. The van der Waals surface area contributed by atoms with Gasteiger partial charge in [0.1, 0.15) is 22.5 Å². The highest BCUT2D eigenvalue weighted by Gasteiger charge is 2.35. The van der Waals surface area contributed by atoms with Crippen molar-refractivity contribution in [2.45, 2.75) is 103 Å². The monoisotopic (exact) mass is 543 g/mol. The van der Waals surface area contributed by atoms with Gasteiger partial charge in [-0.25, -0.2) is 0 Å². The molecule has 0 bridgehead atoms. The van der Waals surface area contributed by atoms with E-state index in [2.05, 4.69) is 106 Å². The Morgan fingerprint density at radius 2 is 1.26 bits per heavy atom. The van der Waals surface area contributed by atoms with Crippen LogP contribution in [0.25, 0.3) is 16.7 Å². The van der Waals surface area contributed by atoms with Crippen LogP contribution in [0, 0.1) is 10.8 Å². The van der Waals surface area contributed by atoms with Gasteiger partial charge in [-0.1, -0.05) is 105 Å². The normalized spacial score (nSPS) is 13.3. The summed E-state index contributed by atoms with van der Waals surface area (Å²) in [6.07, 6.45) is 1.95. The summed E-state index contributed by atoms with van der Waals surface area (Å²) in [6, 6.07) is 20.8. The lowest BCUT2D eigenvalue weighted by Crippen LogP contribution is -2.28. The molecule has 0 aliphatic carbocycles. The van der Waals surface area contributed by atoms with Crippen LogP contribution in [0.3, 0.4) is 0 Å². The predicted octanol–water partition coefficient (Wildman–Crippen LogP) is 9.70. The maximum absolute atomic E-state index is 11.8. The van der Waals surface area contributed by atoms with Crippen molar-refractivity contribution < 1.29 is 5.11 Å². The fourth-order valence-corrected chi connectivity index (χ4v) is 7.09. The molecule has 4 rings (SSSR count). The molecule has 0 saturated carbocycles. The van der Waals surface area contributed by atoms with E-state index in [1.807, 2.05) is 24.3 Å². The number of aromatic hydroxyl groups is 1. The summed E-state index contributed by atoms with van der Waals surface area (Å²) in [6.45, 7) is 22.7. The lowest BCUT2D eigenvalue weighted by molar-refractivity contribution is 0.274. The summed E-state index contributed by atoms with van der Waals surface area (Å²) in [4.78, 5) is 3.92. The molecule has 39 heavy (non-hydrogen) atoms.